The number of carbonyl (C=O) groups excluding carboxylic acids is 1. The van der Waals surface area contributed by atoms with Gasteiger partial charge in [-0.1, -0.05) is 5.16 Å². The van der Waals surface area contributed by atoms with Crippen molar-refractivity contribution in [2.24, 2.45) is 5.92 Å². The third-order valence-electron chi connectivity index (χ3n) is 4.43. The van der Waals surface area contributed by atoms with Crippen molar-refractivity contribution in [1.82, 2.24) is 15.0 Å². The molecule has 2 aromatic heterocycles. The highest BCUT2D eigenvalue weighted by atomic mass is 16.5. The van der Waals surface area contributed by atoms with E-state index in [-0.39, 0.29) is 5.91 Å². The number of piperidine rings is 1. The van der Waals surface area contributed by atoms with Gasteiger partial charge in [0, 0.05) is 25.4 Å². The van der Waals surface area contributed by atoms with E-state index < -0.39 is 0 Å². The molecule has 1 aliphatic carbocycles. The monoisotopic (exact) mass is 301 g/mol. The lowest BCUT2D eigenvalue weighted by atomic mass is 9.94. The average Bonchev–Trinajstić information content (AvgIpc) is 3.05. The molecule has 116 valence electrons. The van der Waals surface area contributed by atoms with Crippen LogP contribution in [0.25, 0.3) is 0 Å². The van der Waals surface area contributed by atoms with Crippen LogP contribution in [0.2, 0.25) is 0 Å². The summed E-state index contributed by atoms with van der Waals surface area (Å²) in [6, 6.07) is 3.46. The fourth-order valence-corrected chi connectivity index (χ4v) is 3.08. The number of carbonyl (C=O) groups is 1. The summed E-state index contributed by atoms with van der Waals surface area (Å²) in [6.07, 6.45) is 6.72. The Bertz CT molecular complexity index is 645. The summed E-state index contributed by atoms with van der Waals surface area (Å²) in [5, 5.41) is 4.06. The van der Waals surface area contributed by atoms with Gasteiger partial charge in [0.2, 0.25) is 5.89 Å². The Kier molecular flexibility index (Phi) is 3.44. The highest BCUT2D eigenvalue weighted by molar-refractivity contribution is 5.91. The zero-order chi connectivity index (χ0) is 14.9. The Morgan fingerprint density at radius 1 is 1.36 bits per heavy atom. The quantitative estimate of drug-likeness (QED) is 0.868. The molecule has 0 bridgehead atoms. The van der Waals surface area contributed by atoms with Gasteiger partial charge in [-0.05, 0) is 43.7 Å². The molecule has 6 nitrogen and oxygen atoms in total. The smallest absolute Gasteiger partial charge is 0.289 e. The molecule has 1 unspecified atom stereocenters. The van der Waals surface area contributed by atoms with Crippen LogP contribution in [0.15, 0.2) is 27.3 Å². The summed E-state index contributed by atoms with van der Waals surface area (Å²) < 4.78 is 10.6. The summed E-state index contributed by atoms with van der Waals surface area (Å²) in [6.45, 7) is 1.51. The van der Waals surface area contributed by atoms with Crippen LogP contribution in [0.3, 0.4) is 0 Å². The van der Waals surface area contributed by atoms with Crippen LogP contribution < -0.4 is 0 Å². The number of hydrogen-bond acceptors (Lipinski definition) is 5. The van der Waals surface area contributed by atoms with Crippen molar-refractivity contribution >= 4 is 5.91 Å². The number of nitrogens with zero attached hydrogens (tertiary/aromatic N) is 3. The van der Waals surface area contributed by atoms with Gasteiger partial charge < -0.3 is 13.8 Å². The lowest BCUT2D eigenvalue weighted by Crippen LogP contribution is -2.40. The Morgan fingerprint density at radius 2 is 2.27 bits per heavy atom. The molecule has 4 rings (SSSR count). The zero-order valence-electron chi connectivity index (χ0n) is 12.4. The molecule has 1 saturated carbocycles. The van der Waals surface area contributed by atoms with Crippen LogP contribution in [0, 0.1) is 5.92 Å². The van der Waals surface area contributed by atoms with E-state index in [0.29, 0.717) is 23.5 Å². The number of hydrogen-bond donors (Lipinski definition) is 0. The highest BCUT2D eigenvalue weighted by Gasteiger charge is 2.30. The first-order valence-corrected chi connectivity index (χ1v) is 7.95. The molecule has 0 N–H and O–H groups in total. The van der Waals surface area contributed by atoms with Gasteiger partial charge in [-0.3, -0.25) is 4.79 Å². The Balaban J connectivity index is 1.38. The standard InChI is InChI=1S/C16H19N3O3/c20-16(13-4-2-8-21-13)19-7-1-3-11(10-19)9-14-17-15(18-22-14)12-5-6-12/h2,4,8,11-12H,1,3,5-7,9-10H2. The third kappa shape index (κ3) is 2.77. The Morgan fingerprint density at radius 3 is 3.05 bits per heavy atom. The second-order valence-corrected chi connectivity index (χ2v) is 6.26. The first-order valence-electron chi connectivity index (χ1n) is 7.95. The number of likely N-dealkylation sites (tertiary alicyclic amines) is 1. The predicted octanol–water partition coefficient (Wildman–Crippen LogP) is 2.63. The second-order valence-electron chi connectivity index (χ2n) is 6.26. The van der Waals surface area contributed by atoms with Crippen molar-refractivity contribution in [2.45, 2.75) is 38.0 Å². The molecule has 0 spiro atoms. The van der Waals surface area contributed by atoms with E-state index in [4.69, 9.17) is 8.94 Å². The molecule has 1 aliphatic heterocycles. The number of rotatable bonds is 4. The van der Waals surface area contributed by atoms with E-state index in [2.05, 4.69) is 10.1 Å². The molecule has 2 fully saturated rings. The van der Waals surface area contributed by atoms with Gasteiger partial charge >= 0.3 is 0 Å². The maximum absolute atomic E-state index is 12.3. The highest BCUT2D eigenvalue weighted by Crippen LogP contribution is 2.38. The molecule has 2 aliphatic rings. The van der Waals surface area contributed by atoms with E-state index >= 15 is 0 Å². The van der Waals surface area contributed by atoms with E-state index in [1.807, 2.05) is 4.90 Å². The van der Waals surface area contributed by atoms with Crippen molar-refractivity contribution in [3.8, 4) is 0 Å². The van der Waals surface area contributed by atoms with Gasteiger partial charge in [-0.2, -0.15) is 4.98 Å². The van der Waals surface area contributed by atoms with E-state index in [0.717, 1.165) is 38.2 Å². The van der Waals surface area contributed by atoms with Gasteiger partial charge in [0.05, 0.1) is 6.26 Å². The van der Waals surface area contributed by atoms with Gasteiger partial charge in [-0.25, -0.2) is 0 Å². The largest absolute Gasteiger partial charge is 0.459 e. The zero-order valence-corrected chi connectivity index (χ0v) is 12.4. The molecule has 22 heavy (non-hydrogen) atoms. The molecule has 3 heterocycles. The van der Waals surface area contributed by atoms with Crippen LogP contribution in [0.5, 0.6) is 0 Å². The normalized spacial score (nSPS) is 22.0. The summed E-state index contributed by atoms with van der Waals surface area (Å²) in [7, 11) is 0. The van der Waals surface area contributed by atoms with Gasteiger partial charge in [0.1, 0.15) is 0 Å². The second kappa shape index (κ2) is 5.59. The number of furan rings is 1. The molecule has 1 amide bonds. The summed E-state index contributed by atoms with van der Waals surface area (Å²) >= 11 is 0. The van der Waals surface area contributed by atoms with Crippen LogP contribution in [0.1, 0.15) is 53.9 Å². The lowest BCUT2D eigenvalue weighted by Gasteiger charge is -2.31. The first-order chi connectivity index (χ1) is 10.8. The lowest BCUT2D eigenvalue weighted by molar-refractivity contribution is 0.0636. The SMILES string of the molecule is O=C(c1ccco1)N1CCCC(Cc2nc(C3CC3)no2)C1. The van der Waals surface area contributed by atoms with Crippen LogP contribution in [-0.2, 0) is 6.42 Å². The minimum absolute atomic E-state index is 0.0288. The van der Waals surface area contributed by atoms with Crippen LogP contribution in [0.4, 0.5) is 0 Å². The Labute approximate surface area is 128 Å². The van der Waals surface area contributed by atoms with Crippen molar-refractivity contribution in [2.75, 3.05) is 13.1 Å². The molecule has 2 aromatic rings. The van der Waals surface area contributed by atoms with Gasteiger partial charge in [-0.15, -0.1) is 0 Å². The summed E-state index contributed by atoms with van der Waals surface area (Å²) in [5.74, 6) is 2.84. The predicted molar refractivity (Wildman–Crippen MR) is 77.3 cm³/mol. The molecular formula is C16H19N3O3. The van der Waals surface area contributed by atoms with E-state index in [9.17, 15) is 4.79 Å². The molecule has 6 heteroatoms. The summed E-state index contributed by atoms with van der Waals surface area (Å²) in [4.78, 5) is 18.7. The summed E-state index contributed by atoms with van der Waals surface area (Å²) in [5.41, 5.74) is 0. The molecule has 0 radical (unpaired) electrons. The van der Waals surface area contributed by atoms with Crippen LogP contribution >= 0.6 is 0 Å². The molecular weight excluding hydrogens is 282 g/mol. The molecule has 1 saturated heterocycles. The van der Waals surface area contributed by atoms with Crippen LogP contribution in [-0.4, -0.2) is 34.0 Å². The number of aromatic nitrogens is 2. The fraction of sp³-hybridized carbons (Fsp3) is 0.562. The molecule has 0 aromatic carbocycles. The number of amides is 1. The van der Waals surface area contributed by atoms with Crippen molar-refractivity contribution < 1.29 is 13.7 Å². The minimum Gasteiger partial charge on any atom is -0.459 e. The van der Waals surface area contributed by atoms with Crippen molar-refractivity contribution in [3.63, 3.8) is 0 Å². The average molecular weight is 301 g/mol. The van der Waals surface area contributed by atoms with Crippen molar-refractivity contribution in [1.29, 1.82) is 0 Å². The van der Waals surface area contributed by atoms with Gasteiger partial charge in [0.25, 0.3) is 5.91 Å². The van der Waals surface area contributed by atoms with Gasteiger partial charge in [0.15, 0.2) is 11.6 Å². The maximum Gasteiger partial charge on any atom is 0.289 e. The maximum atomic E-state index is 12.3. The molecule has 1 atom stereocenters. The first kappa shape index (κ1) is 13.5. The fourth-order valence-electron chi connectivity index (χ4n) is 3.08. The topological polar surface area (TPSA) is 72.4 Å². The minimum atomic E-state index is -0.0288. The van der Waals surface area contributed by atoms with Crippen molar-refractivity contribution in [3.05, 3.63) is 35.9 Å². The van der Waals surface area contributed by atoms with E-state index in [1.165, 1.54) is 19.1 Å². The third-order valence-corrected chi connectivity index (χ3v) is 4.43. The Hall–Kier alpha value is -2.11. The van der Waals surface area contributed by atoms with E-state index in [1.54, 1.807) is 12.1 Å².